The van der Waals surface area contributed by atoms with E-state index in [-0.39, 0.29) is 16.7 Å². The minimum Gasteiger partial charge on any atom is -0.506 e. The number of carbonyl (C=O) groups excluding carboxylic acids is 1. The van der Waals surface area contributed by atoms with Gasteiger partial charge in [-0.05, 0) is 47.7 Å². The molecule has 0 saturated heterocycles. The number of halogens is 1. The number of aryl methyl sites for hydroxylation is 1. The van der Waals surface area contributed by atoms with E-state index in [0.717, 1.165) is 5.56 Å². The van der Waals surface area contributed by atoms with Crippen molar-refractivity contribution in [1.29, 1.82) is 0 Å². The zero-order chi connectivity index (χ0) is 16.5. The fourth-order valence-corrected chi connectivity index (χ4v) is 2.03. The van der Waals surface area contributed by atoms with Gasteiger partial charge in [0, 0.05) is 5.56 Å². The van der Waals surface area contributed by atoms with Crippen molar-refractivity contribution in [3.8, 4) is 5.75 Å². The molecule has 3 nitrogen and oxygen atoms in total. The lowest BCUT2D eigenvalue weighted by atomic mass is 9.87. The average Bonchev–Trinajstić information content (AvgIpc) is 2.43. The van der Waals surface area contributed by atoms with Crippen molar-refractivity contribution < 1.29 is 14.3 Å². The first-order chi connectivity index (χ1) is 10.2. The Labute approximate surface area is 129 Å². The van der Waals surface area contributed by atoms with Crippen molar-refractivity contribution in [2.24, 2.45) is 0 Å². The molecule has 22 heavy (non-hydrogen) atoms. The second-order valence-corrected chi connectivity index (χ2v) is 6.40. The van der Waals surface area contributed by atoms with Gasteiger partial charge in [0.2, 0.25) is 0 Å². The lowest BCUT2D eigenvalue weighted by Gasteiger charge is -2.20. The van der Waals surface area contributed by atoms with Crippen molar-refractivity contribution >= 4 is 11.6 Å². The summed E-state index contributed by atoms with van der Waals surface area (Å²) in [6.45, 7) is 7.76. The number of phenolic OH excluding ortho intramolecular Hbond substituents is 1. The number of rotatable bonds is 2. The zero-order valence-electron chi connectivity index (χ0n) is 13.2. The topological polar surface area (TPSA) is 49.3 Å². The quantitative estimate of drug-likeness (QED) is 0.808. The molecule has 0 unspecified atom stereocenters. The fraction of sp³-hybridized carbons (Fsp3) is 0.278. The summed E-state index contributed by atoms with van der Waals surface area (Å²) in [5.41, 5.74) is 1.88. The Morgan fingerprint density at radius 2 is 1.82 bits per heavy atom. The molecule has 4 heteroatoms. The van der Waals surface area contributed by atoms with Gasteiger partial charge in [0.1, 0.15) is 11.6 Å². The highest BCUT2D eigenvalue weighted by atomic mass is 19.1. The minimum absolute atomic E-state index is 0.0195. The van der Waals surface area contributed by atoms with Crippen LogP contribution < -0.4 is 5.32 Å². The highest BCUT2D eigenvalue weighted by molar-refractivity contribution is 6.05. The van der Waals surface area contributed by atoms with Crippen LogP contribution in [-0.2, 0) is 5.41 Å². The summed E-state index contributed by atoms with van der Waals surface area (Å²) in [6.07, 6.45) is 0. The van der Waals surface area contributed by atoms with Crippen LogP contribution in [0.2, 0.25) is 0 Å². The normalized spacial score (nSPS) is 11.3. The number of anilines is 1. The summed E-state index contributed by atoms with van der Waals surface area (Å²) in [5, 5.41) is 12.5. The fourth-order valence-electron chi connectivity index (χ4n) is 2.03. The third-order valence-electron chi connectivity index (χ3n) is 3.54. The number of carbonyl (C=O) groups is 1. The molecule has 0 radical (unpaired) electrons. The first-order valence-electron chi connectivity index (χ1n) is 7.09. The van der Waals surface area contributed by atoms with Gasteiger partial charge in [-0.25, -0.2) is 4.39 Å². The van der Waals surface area contributed by atoms with Gasteiger partial charge in [-0.15, -0.1) is 0 Å². The summed E-state index contributed by atoms with van der Waals surface area (Å²) in [5.74, 6) is -0.908. The smallest absolute Gasteiger partial charge is 0.255 e. The van der Waals surface area contributed by atoms with E-state index in [2.05, 4.69) is 5.32 Å². The van der Waals surface area contributed by atoms with Gasteiger partial charge in [0.05, 0.1) is 5.69 Å². The molecule has 0 aromatic heterocycles. The maximum atomic E-state index is 13.5. The lowest BCUT2D eigenvalue weighted by molar-refractivity contribution is 0.102. The third kappa shape index (κ3) is 3.45. The van der Waals surface area contributed by atoms with Crippen molar-refractivity contribution in [3.05, 3.63) is 58.9 Å². The first kappa shape index (κ1) is 16.0. The van der Waals surface area contributed by atoms with Gasteiger partial charge < -0.3 is 10.4 Å². The summed E-state index contributed by atoms with van der Waals surface area (Å²) < 4.78 is 13.5. The molecule has 0 spiro atoms. The molecule has 0 aliphatic carbocycles. The van der Waals surface area contributed by atoms with E-state index in [4.69, 9.17) is 0 Å². The van der Waals surface area contributed by atoms with Crippen LogP contribution in [0, 0.1) is 12.7 Å². The summed E-state index contributed by atoms with van der Waals surface area (Å²) in [7, 11) is 0. The number of benzene rings is 2. The van der Waals surface area contributed by atoms with E-state index in [0.29, 0.717) is 11.3 Å². The van der Waals surface area contributed by atoms with Crippen LogP contribution in [0.5, 0.6) is 5.75 Å². The van der Waals surface area contributed by atoms with E-state index in [9.17, 15) is 14.3 Å². The van der Waals surface area contributed by atoms with Crippen LogP contribution in [0.25, 0.3) is 0 Å². The molecule has 0 aliphatic heterocycles. The van der Waals surface area contributed by atoms with E-state index in [1.807, 2.05) is 26.8 Å². The largest absolute Gasteiger partial charge is 0.506 e. The Hall–Kier alpha value is -2.36. The molecule has 0 saturated carbocycles. The van der Waals surface area contributed by atoms with E-state index < -0.39 is 11.7 Å². The Balaban J connectivity index is 2.29. The number of aromatic hydroxyl groups is 1. The molecule has 2 N–H and O–H groups in total. The monoisotopic (exact) mass is 301 g/mol. The van der Waals surface area contributed by atoms with Gasteiger partial charge in [0.25, 0.3) is 5.91 Å². The maximum Gasteiger partial charge on any atom is 0.255 e. The van der Waals surface area contributed by atoms with Gasteiger partial charge in [-0.2, -0.15) is 0 Å². The molecule has 116 valence electrons. The molecule has 1 amide bonds. The maximum absolute atomic E-state index is 13.5. The predicted molar refractivity (Wildman–Crippen MR) is 85.9 cm³/mol. The first-order valence-corrected chi connectivity index (χ1v) is 7.09. The zero-order valence-corrected chi connectivity index (χ0v) is 13.2. The number of phenols is 1. The molecule has 0 fully saturated rings. The average molecular weight is 301 g/mol. The Morgan fingerprint density at radius 1 is 1.14 bits per heavy atom. The van der Waals surface area contributed by atoms with Crippen molar-refractivity contribution in [2.75, 3.05) is 5.32 Å². The van der Waals surface area contributed by atoms with Gasteiger partial charge >= 0.3 is 0 Å². The number of nitrogens with one attached hydrogen (secondary N) is 1. The van der Waals surface area contributed by atoms with Crippen LogP contribution in [0.3, 0.4) is 0 Å². The molecule has 2 aromatic rings. The SMILES string of the molecule is Cc1ccc(C(=O)Nc2cc(C(C)(C)C)ccc2O)cc1F. The third-order valence-corrected chi connectivity index (χ3v) is 3.54. The minimum atomic E-state index is -0.458. The van der Waals surface area contributed by atoms with Crippen LogP contribution in [0.4, 0.5) is 10.1 Å². The molecule has 2 aromatic carbocycles. The molecule has 2 rings (SSSR count). The highest BCUT2D eigenvalue weighted by Gasteiger charge is 2.17. The predicted octanol–water partition coefficient (Wildman–Crippen LogP) is 4.39. The Kier molecular flexibility index (Phi) is 4.22. The van der Waals surface area contributed by atoms with Crippen LogP contribution in [0.1, 0.15) is 42.3 Å². The Bertz CT molecular complexity index is 718. The molecule has 0 bridgehead atoms. The van der Waals surface area contributed by atoms with Crippen LogP contribution in [-0.4, -0.2) is 11.0 Å². The lowest BCUT2D eigenvalue weighted by Crippen LogP contribution is -2.15. The van der Waals surface area contributed by atoms with Crippen molar-refractivity contribution in [2.45, 2.75) is 33.1 Å². The molecular formula is C18H20FNO2. The second-order valence-electron chi connectivity index (χ2n) is 6.40. The summed E-state index contributed by atoms with van der Waals surface area (Å²) >= 11 is 0. The highest BCUT2D eigenvalue weighted by Crippen LogP contribution is 2.31. The van der Waals surface area contributed by atoms with E-state index >= 15 is 0 Å². The standard InChI is InChI=1S/C18H20FNO2/c1-11-5-6-12(9-14(11)19)17(22)20-15-10-13(18(2,3)4)7-8-16(15)21/h5-10,21H,1-4H3,(H,20,22). The van der Waals surface area contributed by atoms with Crippen LogP contribution >= 0.6 is 0 Å². The van der Waals surface area contributed by atoms with E-state index in [1.165, 1.54) is 6.07 Å². The second kappa shape index (κ2) is 5.79. The molecule has 0 atom stereocenters. The molecule has 0 aliphatic rings. The van der Waals surface area contributed by atoms with Crippen molar-refractivity contribution in [3.63, 3.8) is 0 Å². The Morgan fingerprint density at radius 3 is 2.41 bits per heavy atom. The molecule has 0 heterocycles. The number of amides is 1. The summed E-state index contributed by atoms with van der Waals surface area (Å²) in [4.78, 5) is 12.2. The van der Waals surface area contributed by atoms with E-state index in [1.54, 1.807) is 31.2 Å². The van der Waals surface area contributed by atoms with Gasteiger partial charge in [-0.1, -0.05) is 32.9 Å². The number of hydrogen-bond acceptors (Lipinski definition) is 2. The number of hydrogen-bond donors (Lipinski definition) is 2. The van der Waals surface area contributed by atoms with Gasteiger partial charge in [-0.3, -0.25) is 4.79 Å². The van der Waals surface area contributed by atoms with Crippen molar-refractivity contribution in [1.82, 2.24) is 0 Å². The molecular weight excluding hydrogens is 281 g/mol. The van der Waals surface area contributed by atoms with Crippen LogP contribution in [0.15, 0.2) is 36.4 Å². The van der Waals surface area contributed by atoms with Gasteiger partial charge in [0.15, 0.2) is 0 Å². The summed E-state index contributed by atoms with van der Waals surface area (Å²) in [6, 6.07) is 9.39.